The third kappa shape index (κ3) is 237. The van der Waals surface area contributed by atoms with E-state index in [0.717, 1.165) is 18.2 Å². The fraction of sp³-hybridized carbons (Fsp3) is 0. The van der Waals surface area contributed by atoms with Crippen LogP contribution in [-0.2, 0) is 38.8 Å². The lowest BCUT2D eigenvalue weighted by Gasteiger charge is -1.89. The Balaban J connectivity index is -0.0000000568. The first-order chi connectivity index (χ1) is 8.95. The van der Waals surface area contributed by atoms with Gasteiger partial charge in [0.25, 0.3) is 0 Å². The molecule has 17 heteroatoms. The van der Waals surface area contributed by atoms with E-state index in [2.05, 4.69) is 15.3 Å². The molecule has 0 bridgehead atoms. The standard InChI is InChI=1S/3CHNO.H4N2.H2O7S2/c3*2-1-3;1-2;1-8(2,3)7-9(4,5)6/h3*2H;1-2H2;(H,1,2,3)(H,4,5,6). The van der Waals surface area contributed by atoms with Crippen molar-refractivity contribution in [3.63, 3.8) is 0 Å². The molecule has 118 valence electrons. The van der Waals surface area contributed by atoms with Crippen molar-refractivity contribution in [2.75, 3.05) is 0 Å². The molecule has 0 atom stereocenters. The number of nitrogens with two attached hydrogens (primary N) is 2. The Morgan fingerprint density at radius 3 is 0.850 bits per heavy atom. The molecule has 0 amide bonds. The smallest absolute Gasteiger partial charge is 0.274 e. The summed E-state index contributed by atoms with van der Waals surface area (Å²) < 4.78 is 55.6. The fourth-order valence-electron chi connectivity index (χ4n) is 0.109. The van der Waals surface area contributed by atoms with Crippen LogP contribution in [0, 0.1) is 16.2 Å². The van der Waals surface area contributed by atoms with E-state index in [0.29, 0.717) is 0 Å². The molecule has 0 radical (unpaired) electrons. The molecule has 0 aliphatic carbocycles. The second-order valence-corrected chi connectivity index (χ2v) is 3.48. The van der Waals surface area contributed by atoms with E-state index in [-0.39, 0.29) is 0 Å². The zero-order valence-electron chi connectivity index (χ0n) is 9.13. The zero-order valence-corrected chi connectivity index (χ0v) is 10.8. The predicted octanol–water partition coefficient (Wildman–Crippen LogP) is -2.87. The third-order valence-electron chi connectivity index (χ3n) is 0.172. The van der Waals surface area contributed by atoms with Gasteiger partial charge in [0.05, 0.1) is 0 Å². The van der Waals surface area contributed by atoms with Crippen molar-refractivity contribution in [3.05, 3.63) is 0 Å². The summed E-state index contributed by atoms with van der Waals surface area (Å²) in [4.78, 5) is 25.0. The van der Waals surface area contributed by atoms with E-state index in [1.807, 2.05) is 0 Å². The second kappa shape index (κ2) is 22.1. The zero-order chi connectivity index (χ0) is 17.8. The van der Waals surface area contributed by atoms with Gasteiger partial charge in [-0.25, -0.2) is 30.6 Å². The molecule has 0 aliphatic heterocycles. The third-order valence-corrected chi connectivity index (χ3v) is 1.55. The van der Waals surface area contributed by atoms with E-state index in [9.17, 15) is 16.8 Å². The van der Waals surface area contributed by atoms with Crippen LogP contribution in [0.15, 0.2) is 0 Å². The largest absolute Gasteiger partial charge is 0.413 e. The van der Waals surface area contributed by atoms with Gasteiger partial charge in [-0.2, -0.15) is 16.8 Å². The van der Waals surface area contributed by atoms with Crippen LogP contribution in [0.2, 0.25) is 0 Å². The number of carbonyl (C=O) groups excluding carboxylic acids is 3. The Bertz CT molecular complexity index is 445. The lowest BCUT2D eigenvalue weighted by Crippen LogP contribution is -2.10. The molecule has 0 saturated heterocycles. The fourth-order valence-corrected chi connectivity index (χ4v) is 0.978. The SMILES string of the molecule is N=C=O.N=C=O.N=C=O.NN.O=S(=O)(O)OS(=O)(=O)O. The maximum absolute atomic E-state index is 9.44. The Kier molecular flexibility index (Phi) is 33.8. The molecule has 0 saturated carbocycles. The summed E-state index contributed by atoms with van der Waals surface area (Å²) in [7, 11) is -10.2. The van der Waals surface area contributed by atoms with Gasteiger partial charge < -0.3 is 0 Å². The molecule has 0 rings (SSSR count). The summed E-state index contributed by atoms with van der Waals surface area (Å²) in [6.45, 7) is 0. The average Bonchev–Trinajstić information content (AvgIpc) is 2.18. The van der Waals surface area contributed by atoms with E-state index >= 15 is 0 Å². The first-order valence-electron chi connectivity index (χ1n) is 3.06. The molecular weight excluding hydrogens is 330 g/mol. The molecule has 15 nitrogen and oxygen atoms in total. The van der Waals surface area contributed by atoms with Gasteiger partial charge in [0.15, 0.2) is 0 Å². The van der Waals surface area contributed by atoms with Gasteiger partial charge in [-0.05, 0) is 0 Å². The molecule has 0 aromatic carbocycles. The topological polar surface area (TPSA) is 293 Å². The van der Waals surface area contributed by atoms with Crippen LogP contribution in [0.25, 0.3) is 0 Å². The highest BCUT2D eigenvalue weighted by Gasteiger charge is 2.15. The van der Waals surface area contributed by atoms with Gasteiger partial charge in [0, 0.05) is 0 Å². The Morgan fingerprint density at radius 2 is 0.850 bits per heavy atom. The van der Waals surface area contributed by atoms with Gasteiger partial charge in [0.1, 0.15) is 0 Å². The van der Waals surface area contributed by atoms with Crippen molar-refractivity contribution < 1.29 is 44.0 Å². The van der Waals surface area contributed by atoms with Gasteiger partial charge in [-0.1, -0.05) is 0 Å². The summed E-state index contributed by atoms with van der Waals surface area (Å²) in [6.07, 6.45) is 2.25. The summed E-state index contributed by atoms with van der Waals surface area (Å²) in [5.74, 6) is 8.00. The molecule has 0 fully saturated rings. The summed E-state index contributed by atoms with van der Waals surface area (Å²) in [5, 5.41) is 16.2. The maximum Gasteiger partial charge on any atom is 0.413 e. The van der Waals surface area contributed by atoms with Crippen LogP contribution in [0.4, 0.5) is 0 Å². The lowest BCUT2D eigenvalue weighted by molar-refractivity contribution is 0.344. The van der Waals surface area contributed by atoms with Crippen molar-refractivity contribution in [3.8, 4) is 0 Å². The van der Waals surface area contributed by atoms with E-state index < -0.39 is 20.8 Å². The monoisotopic (exact) mass is 339 g/mol. The number of nitrogens with one attached hydrogen (secondary N) is 3. The minimum absolute atomic E-state index is 0.750. The van der Waals surface area contributed by atoms with Crippen LogP contribution in [0.1, 0.15) is 0 Å². The molecule has 0 unspecified atom stereocenters. The van der Waals surface area contributed by atoms with Gasteiger partial charge >= 0.3 is 20.8 Å². The highest BCUT2D eigenvalue weighted by molar-refractivity contribution is 7.94. The highest BCUT2D eigenvalue weighted by Crippen LogP contribution is 1.91. The first kappa shape index (κ1) is 30.7. The lowest BCUT2D eigenvalue weighted by atomic mass is 11.7. The predicted molar refractivity (Wildman–Crippen MR) is 57.8 cm³/mol. The normalized spacial score (nSPS) is 7.60. The van der Waals surface area contributed by atoms with Crippen molar-refractivity contribution in [2.45, 2.75) is 0 Å². The van der Waals surface area contributed by atoms with Crippen LogP contribution < -0.4 is 11.7 Å². The quantitative estimate of drug-likeness (QED) is 0.0877. The molecule has 0 heterocycles. The molecule has 20 heavy (non-hydrogen) atoms. The minimum atomic E-state index is -5.12. The Labute approximate surface area is 111 Å². The van der Waals surface area contributed by atoms with Crippen molar-refractivity contribution >= 4 is 39.0 Å². The van der Waals surface area contributed by atoms with Crippen LogP contribution in [0.3, 0.4) is 0 Å². The minimum Gasteiger partial charge on any atom is -0.274 e. The number of rotatable bonds is 2. The van der Waals surface area contributed by atoms with Crippen molar-refractivity contribution in [1.82, 2.24) is 0 Å². The molecular formula is C3H9N5O10S2. The average molecular weight is 339 g/mol. The van der Waals surface area contributed by atoms with E-state index in [1.54, 1.807) is 0 Å². The van der Waals surface area contributed by atoms with Crippen molar-refractivity contribution in [2.24, 2.45) is 11.7 Å². The van der Waals surface area contributed by atoms with Gasteiger partial charge in [-0.15, -0.1) is 3.63 Å². The van der Waals surface area contributed by atoms with Crippen LogP contribution >= 0.6 is 0 Å². The number of hydrogen-bond donors (Lipinski definition) is 7. The van der Waals surface area contributed by atoms with Gasteiger partial charge in [0.2, 0.25) is 18.2 Å². The van der Waals surface area contributed by atoms with Crippen LogP contribution in [-0.4, -0.2) is 44.2 Å². The summed E-state index contributed by atoms with van der Waals surface area (Å²) in [6, 6.07) is 0. The van der Waals surface area contributed by atoms with E-state index in [1.165, 1.54) is 0 Å². The van der Waals surface area contributed by atoms with E-state index in [4.69, 9.17) is 39.7 Å². The molecule has 0 aromatic heterocycles. The van der Waals surface area contributed by atoms with Crippen LogP contribution in [0.5, 0.6) is 0 Å². The number of hydrogen-bond acceptors (Lipinski definition) is 13. The summed E-state index contributed by atoms with van der Waals surface area (Å²) >= 11 is 0. The number of hydrazine groups is 1. The van der Waals surface area contributed by atoms with Gasteiger partial charge in [-0.3, -0.25) is 20.8 Å². The molecule has 0 aromatic rings. The van der Waals surface area contributed by atoms with Crippen molar-refractivity contribution in [1.29, 1.82) is 16.2 Å². The Morgan fingerprint density at radius 1 is 0.750 bits per heavy atom. The molecule has 0 spiro atoms. The first-order valence-corrected chi connectivity index (χ1v) is 5.79. The molecule has 9 N–H and O–H groups in total. The maximum atomic E-state index is 9.44. The molecule has 0 aliphatic rings. The Hall–Kier alpha value is -2.16. The second-order valence-electron chi connectivity index (χ2n) is 1.23. The highest BCUT2D eigenvalue weighted by atomic mass is 32.3. The number of isocyanates is 3. The summed E-state index contributed by atoms with van der Waals surface area (Å²) in [5.41, 5.74) is 0.